The van der Waals surface area contributed by atoms with Crippen molar-refractivity contribution in [2.75, 3.05) is 12.4 Å². The molecule has 0 heterocycles. The van der Waals surface area contributed by atoms with Gasteiger partial charge in [0.05, 0.1) is 13.3 Å². The van der Waals surface area contributed by atoms with E-state index in [-0.39, 0.29) is 11.5 Å². The molecule has 0 saturated heterocycles. The number of phenolic OH excluding ortho intramolecular Hbond substituents is 1. The number of nitrogens with zero attached hydrogens (tertiary/aromatic N) is 1. The molecule has 2 aromatic carbocycles. The number of carbonyl (C=O) groups is 2. The van der Waals surface area contributed by atoms with Crippen LogP contribution in [0.25, 0.3) is 0 Å². The molecule has 2 aromatic rings. The Balaban J connectivity index is 1.94. The number of anilines is 1. The van der Waals surface area contributed by atoms with Crippen LogP contribution >= 0.6 is 0 Å². The molecule has 0 aliphatic heterocycles. The maximum Gasteiger partial charge on any atom is 0.329 e. The van der Waals surface area contributed by atoms with Gasteiger partial charge in [0.1, 0.15) is 0 Å². The number of phenols is 1. The first kappa shape index (κ1) is 18.0. The molecule has 130 valence electrons. The second-order valence-electron chi connectivity index (χ2n) is 5.38. The summed E-state index contributed by atoms with van der Waals surface area (Å²) < 4.78 is 4.97. The zero-order chi connectivity index (χ0) is 18.4. The Bertz CT molecular complexity index is 831. The Labute approximate surface area is 145 Å². The molecule has 2 rings (SSSR count). The van der Waals surface area contributed by atoms with Crippen LogP contribution in [0.2, 0.25) is 0 Å². The van der Waals surface area contributed by atoms with Gasteiger partial charge >= 0.3 is 11.8 Å². The highest BCUT2D eigenvalue weighted by Crippen LogP contribution is 2.25. The number of hydrazone groups is 1. The molecule has 0 fully saturated rings. The van der Waals surface area contributed by atoms with E-state index in [1.165, 1.54) is 19.4 Å². The first-order valence-corrected chi connectivity index (χ1v) is 7.49. The van der Waals surface area contributed by atoms with Crippen molar-refractivity contribution in [1.82, 2.24) is 5.43 Å². The molecule has 0 aliphatic carbocycles. The lowest BCUT2D eigenvalue weighted by Gasteiger charge is -2.06. The van der Waals surface area contributed by atoms with E-state index in [2.05, 4.69) is 15.8 Å². The minimum atomic E-state index is -0.889. The van der Waals surface area contributed by atoms with Crippen molar-refractivity contribution < 1.29 is 19.4 Å². The summed E-state index contributed by atoms with van der Waals surface area (Å²) in [5, 5.41) is 15.7. The fraction of sp³-hybridized carbons (Fsp3) is 0.167. The van der Waals surface area contributed by atoms with Crippen LogP contribution < -0.4 is 15.5 Å². The second kappa shape index (κ2) is 7.96. The fourth-order valence-electron chi connectivity index (χ4n) is 2.00. The number of aromatic hydroxyl groups is 1. The zero-order valence-corrected chi connectivity index (χ0v) is 14.2. The molecule has 0 spiro atoms. The van der Waals surface area contributed by atoms with E-state index in [0.717, 1.165) is 11.1 Å². The number of hydrogen-bond donors (Lipinski definition) is 3. The molecule has 0 radical (unpaired) electrons. The van der Waals surface area contributed by atoms with Gasteiger partial charge in [0.15, 0.2) is 11.5 Å². The van der Waals surface area contributed by atoms with Crippen molar-refractivity contribution in [3.05, 3.63) is 53.1 Å². The van der Waals surface area contributed by atoms with Gasteiger partial charge in [-0.25, -0.2) is 5.43 Å². The van der Waals surface area contributed by atoms with Crippen molar-refractivity contribution in [3.8, 4) is 11.5 Å². The maximum absolute atomic E-state index is 11.8. The third kappa shape index (κ3) is 4.81. The molecule has 2 amide bonds. The SMILES string of the molecule is COc1cc(/C=N/NC(=O)C(=O)Nc2ccc(C)c(C)c2)ccc1O. The van der Waals surface area contributed by atoms with Crippen molar-refractivity contribution in [2.45, 2.75) is 13.8 Å². The third-order valence-electron chi connectivity index (χ3n) is 3.55. The average Bonchev–Trinajstić information content (AvgIpc) is 2.59. The summed E-state index contributed by atoms with van der Waals surface area (Å²) >= 11 is 0. The summed E-state index contributed by atoms with van der Waals surface area (Å²) in [7, 11) is 1.43. The van der Waals surface area contributed by atoms with Gasteiger partial charge in [-0.2, -0.15) is 5.10 Å². The maximum atomic E-state index is 11.8. The first-order chi connectivity index (χ1) is 11.9. The molecule has 7 nitrogen and oxygen atoms in total. The van der Waals surface area contributed by atoms with E-state index >= 15 is 0 Å². The third-order valence-corrected chi connectivity index (χ3v) is 3.55. The summed E-state index contributed by atoms with van der Waals surface area (Å²) in [6.45, 7) is 3.88. The van der Waals surface area contributed by atoms with Gasteiger partial charge in [0.25, 0.3) is 0 Å². The van der Waals surface area contributed by atoms with E-state index < -0.39 is 11.8 Å². The minimum absolute atomic E-state index is 0.00328. The van der Waals surface area contributed by atoms with E-state index in [0.29, 0.717) is 11.3 Å². The number of amides is 2. The number of aryl methyl sites for hydroxylation is 2. The van der Waals surface area contributed by atoms with Crippen LogP contribution in [0, 0.1) is 13.8 Å². The van der Waals surface area contributed by atoms with Crippen molar-refractivity contribution in [1.29, 1.82) is 0 Å². The van der Waals surface area contributed by atoms with Crippen LogP contribution in [0.5, 0.6) is 11.5 Å². The van der Waals surface area contributed by atoms with Crippen molar-refractivity contribution >= 4 is 23.7 Å². The van der Waals surface area contributed by atoms with Crippen LogP contribution in [-0.2, 0) is 9.59 Å². The summed E-state index contributed by atoms with van der Waals surface area (Å²) in [6.07, 6.45) is 1.34. The summed E-state index contributed by atoms with van der Waals surface area (Å²) in [5.41, 5.74) is 5.37. The number of methoxy groups -OCH3 is 1. The quantitative estimate of drug-likeness (QED) is 0.450. The predicted molar refractivity (Wildman–Crippen MR) is 94.9 cm³/mol. The van der Waals surface area contributed by atoms with Gasteiger partial charge in [0.2, 0.25) is 0 Å². The molecule has 0 atom stereocenters. The Morgan fingerprint density at radius 2 is 1.84 bits per heavy atom. The highest BCUT2D eigenvalue weighted by molar-refractivity contribution is 6.39. The fourth-order valence-corrected chi connectivity index (χ4v) is 2.00. The minimum Gasteiger partial charge on any atom is -0.504 e. The normalized spacial score (nSPS) is 10.5. The highest BCUT2D eigenvalue weighted by atomic mass is 16.5. The number of rotatable bonds is 4. The molecular formula is C18H19N3O4. The molecule has 0 aliphatic rings. The number of carbonyl (C=O) groups excluding carboxylic acids is 2. The second-order valence-corrected chi connectivity index (χ2v) is 5.38. The number of hydrogen-bond acceptors (Lipinski definition) is 5. The van der Waals surface area contributed by atoms with Gasteiger partial charge in [-0.3, -0.25) is 9.59 Å². The molecule has 0 bridgehead atoms. The lowest BCUT2D eigenvalue weighted by atomic mass is 10.1. The smallest absolute Gasteiger partial charge is 0.329 e. The highest BCUT2D eigenvalue weighted by Gasteiger charge is 2.13. The van der Waals surface area contributed by atoms with Gasteiger partial charge in [-0.15, -0.1) is 0 Å². The van der Waals surface area contributed by atoms with Gasteiger partial charge < -0.3 is 15.2 Å². The Kier molecular flexibility index (Phi) is 5.73. The van der Waals surface area contributed by atoms with E-state index in [4.69, 9.17) is 4.74 Å². The average molecular weight is 341 g/mol. The van der Waals surface area contributed by atoms with Crippen molar-refractivity contribution in [2.24, 2.45) is 5.10 Å². The largest absolute Gasteiger partial charge is 0.504 e. The Morgan fingerprint density at radius 1 is 1.08 bits per heavy atom. The van der Waals surface area contributed by atoms with Crippen LogP contribution in [-0.4, -0.2) is 30.2 Å². The van der Waals surface area contributed by atoms with Crippen LogP contribution in [0.4, 0.5) is 5.69 Å². The standard InChI is InChI=1S/C18H19N3O4/c1-11-4-6-14(8-12(11)2)20-17(23)18(24)21-19-10-13-5-7-15(22)16(9-13)25-3/h4-10,22H,1-3H3,(H,20,23)(H,21,24)/b19-10+. The molecule has 25 heavy (non-hydrogen) atoms. The monoisotopic (exact) mass is 341 g/mol. The van der Waals surface area contributed by atoms with Crippen LogP contribution in [0.1, 0.15) is 16.7 Å². The number of ether oxygens (including phenoxy) is 1. The zero-order valence-electron chi connectivity index (χ0n) is 14.2. The molecule has 7 heteroatoms. The van der Waals surface area contributed by atoms with Crippen LogP contribution in [0.3, 0.4) is 0 Å². The summed E-state index contributed by atoms with van der Waals surface area (Å²) in [4.78, 5) is 23.6. The summed E-state index contributed by atoms with van der Waals surface area (Å²) in [5.74, 6) is -1.43. The van der Waals surface area contributed by atoms with Gasteiger partial charge in [-0.1, -0.05) is 6.07 Å². The number of nitrogens with one attached hydrogen (secondary N) is 2. The van der Waals surface area contributed by atoms with Crippen molar-refractivity contribution in [3.63, 3.8) is 0 Å². The summed E-state index contributed by atoms with van der Waals surface area (Å²) in [6, 6.07) is 9.93. The predicted octanol–water partition coefficient (Wildman–Crippen LogP) is 2.11. The van der Waals surface area contributed by atoms with Crippen LogP contribution in [0.15, 0.2) is 41.5 Å². The molecule has 0 aromatic heterocycles. The van der Waals surface area contributed by atoms with E-state index in [9.17, 15) is 14.7 Å². The topological polar surface area (TPSA) is 100 Å². The molecular weight excluding hydrogens is 322 g/mol. The Morgan fingerprint density at radius 3 is 2.52 bits per heavy atom. The molecule has 0 saturated carbocycles. The lowest BCUT2D eigenvalue weighted by Crippen LogP contribution is -2.32. The lowest BCUT2D eigenvalue weighted by molar-refractivity contribution is -0.136. The van der Waals surface area contributed by atoms with E-state index in [1.807, 2.05) is 19.9 Å². The van der Waals surface area contributed by atoms with Gasteiger partial charge in [-0.05, 0) is 60.9 Å². The number of benzene rings is 2. The van der Waals surface area contributed by atoms with E-state index in [1.54, 1.807) is 24.3 Å². The molecule has 3 N–H and O–H groups in total. The van der Waals surface area contributed by atoms with Gasteiger partial charge in [0, 0.05) is 5.69 Å². The molecule has 0 unspecified atom stereocenters. The first-order valence-electron chi connectivity index (χ1n) is 7.49. The Hall–Kier alpha value is -3.35.